The number of alkyl carbamates (subject to hydrolysis) is 1. The van der Waals surface area contributed by atoms with E-state index < -0.39 is 23.7 Å². The molecule has 2 heterocycles. The minimum atomic E-state index is -4.42. The van der Waals surface area contributed by atoms with Crippen LogP contribution in [0.1, 0.15) is 73.6 Å². The first-order valence-electron chi connectivity index (χ1n) is 16.8. The Balaban J connectivity index is 0.884. The molecule has 0 atom stereocenters. The monoisotopic (exact) mass is 736 g/mol. The smallest absolute Gasteiger partial charge is 0.416 e. The molecule has 0 bridgehead atoms. The number of amides is 2. The van der Waals surface area contributed by atoms with Gasteiger partial charge in [0.15, 0.2) is 5.13 Å². The molecule has 2 aromatic heterocycles. The first-order chi connectivity index (χ1) is 25.2. The van der Waals surface area contributed by atoms with Gasteiger partial charge in [0.2, 0.25) is 0 Å². The van der Waals surface area contributed by atoms with E-state index in [1.165, 1.54) is 39.9 Å². The zero-order valence-corrected chi connectivity index (χ0v) is 29.2. The van der Waals surface area contributed by atoms with Gasteiger partial charge >= 0.3 is 12.3 Å². The van der Waals surface area contributed by atoms with Crippen molar-refractivity contribution in [3.63, 3.8) is 0 Å². The molecule has 1 fully saturated rings. The Bertz CT molecular complexity index is 2250. The topological polar surface area (TPSA) is 93.2 Å². The third kappa shape index (κ3) is 7.21. The molecule has 8 rings (SSSR count). The molecular weight excluding hydrogens is 706 g/mol. The molecule has 2 aliphatic rings. The highest BCUT2D eigenvalue weighted by Crippen LogP contribution is 2.45. The predicted octanol–water partition coefficient (Wildman–Crippen LogP) is 10.0. The van der Waals surface area contributed by atoms with Gasteiger partial charge in [0.05, 0.1) is 11.3 Å². The number of halogens is 3. The second-order valence-corrected chi connectivity index (χ2v) is 14.8. The van der Waals surface area contributed by atoms with E-state index in [9.17, 15) is 22.8 Å². The summed E-state index contributed by atoms with van der Waals surface area (Å²) in [5.74, 6) is -0.197. The second-order valence-electron chi connectivity index (χ2n) is 12.8. The molecule has 2 amide bonds. The van der Waals surface area contributed by atoms with Crippen LogP contribution in [-0.4, -0.2) is 28.6 Å². The number of ether oxygens (including phenoxy) is 1. The van der Waals surface area contributed by atoms with Crippen molar-refractivity contribution in [3.05, 3.63) is 147 Å². The summed E-state index contributed by atoms with van der Waals surface area (Å²) < 4.78 is 45.5. The quantitative estimate of drug-likeness (QED) is 0.146. The lowest BCUT2D eigenvalue weighted by Gasteiger charge is -2.14. The first kappa shape index (κ1) is 33.8. The summed E-state index contributed by atoms with van der Waals surface area (Å²) in [6.07, 6.45) is -2.70. The number of carbonyl (C=O) groups excluding carboxylic acids is 2. The van der Waals surface area contributed by atoms with Gasteiger partial charge in [-0.25, -0.2) is 14.8 Å². The maximum atomic E-state index is 13.3. The number of aromatic nitrogens is 2. The van der Waals surface area contributed by atoms with Crippen LogP contribution in [0.15, 0.2) is 102 Å². The first-order valence-corrected chi connectivity index (χ1v) is 18.5. The lowest BCUT2D eigenvalue weighted by Crippen LogP contribution is -2.25. The SMILES string of the molecule is O=C(NCc1cccc(-c2nc(C(=O)Nc3nc(C4CC4)c(Cc4cccc(C(F)(F)F)c4)s3)cs2)c1)OCC1c2ccccc2-c2ccccc21. The molecule has 1 saturated carbocycles. The lowest BCUT2D eigenvalue weighted by molar-refractivity contribution is -0.137. The third-order valence-electron chi connectivity index (χ3n) is 9.22. The molecule has 262 valence electrons. The van der Waals surface area contributed by atoms with Gasteiger partial charge in [-0.15, -0.1) is 22.7 Å². The molecule has 0 aliphatic heterocycles. The fourth-order valence-corrected chi connectivity index (χ4v) is 8.45. The molecular formula is C40H31F3N4O3S2. The van der Waals surface area contributed by atoms with E-state index in [4.69, 9.17) is 4.74 Å². The molecule has 7 nitrogen and oxygen atoms in total. The van der Waals surface area contributed by atoms with Crippen molar-refractivity contribution in [1.82, 2.24) is 15.3 Å². The Morgan fingerprint density at radius 3 is 2.29 bits per heavy atom. The fraction of sp³-hybridized carbons (Fsp3) is 0.200. The number of rotatable bonds is 10. The molecule has 52 heavy (non-hydrogen) atoms. The van der Waals surface area contributed by atoms with E-state index in [1.54, 1.807) is 11.4 Å². The van der Waals surface area contributed by atoms with E-state index >= 15 is 0 Å². The molecule has 0 spiro atoms. The lowest BCUT2D eigenvalue weighted by atomic mass is 9.98. The highest BCUT2D eigenvalue weighted by molar-refractivity contribution is 7.16. The van der Waals surface area contributed by atoms with Crippen LogP contribution >= 0.6 is 22.7 Å². The van der Waals surface area contributed by atoms with Crippen molar-refractivity contribution in [1.29, 1.82) is 0 Å². The summed E-state index contributed by atoms with van der Waals surface area (Å²) >= 11 is 2.60. The summed E-state index contributed by atoms with van der Waals surface area (Å²) in [7, 11) is 0. The van der Waals surface area contributed by atoms with E-state index in [0.29, 0.717) is 22.1 Å². The van der Waals surface area contributed by atoms with Crippen molar-refractivity contribution < 1.29 is 27.5 Å². The number of anilines is 1. The fourth-order valence-electron chi connectivity index (χ4n) is 6.57. The van der Waals surface area contributed by atoms with Gasteiger partial charge in [-0.2, -0.15) is 13.2 Å². The van der Waals surface area contributed by atoms with Crippen molar-refractivity contribution in [2.75, 3.05) is 11.9 Å². The molecule has 2 N–H and O–H groups in total. The molecule has 2 aliphatic carbocycles. The van der Waals surface area contributed by atoms with Gasteiger partial charge in [0.1, 0.15) is 17.3 Å². The number of nitrogens with one attached hydrogen (secondary N) is 2. The zero-order chi connectivity index (χ0) is 35.8. The normalized spacial score (nSPS) is 13.8. The van der Waals surface area contributed by atoms with Crippen molar-refractivity contribution in [2.45, 2.75) is 43.8 Å². The highest BCUT2D eigenvalue weighted by Gasteiger charge is 2.33. The van der Waals surface area contributed by atoms with Crippen molar-refractivity contribution in [3.8, 4) is 21.7 Å². The average molecular weight is 737 g/mol. The molecule has 0 unspecified atom stereocenters. The third-order valence-corrected chi connectivity index (χ3v) is 11.1. The minimum absolute atomic E-state index is 0.0277. The van der Waals surface area contributed by atoms with Crippen molar-refractivity contribution >= 4 is 39.8 Å². The van der Waals surface area contributed by atoms with E-state index in [1.807, 2.05) is 48.5 Å². The van der Waals surface area contributed by atoms with Crippen LogP contribution < -0.4 is 10.6 Å². The van der Waals surface area contributed by atoms with Gasteiger partial charge in [-0.05, 0) is 58.4 Å². The Morgan fingerprint density at radius 2 is 1.56 bits per heavy atom. The van der Waals surface area contributed by atoms with Crippen LogP contribution in [0.2, 0.25) is 0 Å². The van der Waals surface area contributed by atoms with Gasteiger partial charge in [-0.3, -0.25) is 10.1 Å². The van der Waals surface area contributed by atoms with E-state index in [2.05, 4.69) is 44.9 Å². The van der Waals surface area contributed by atoms with E-state index in [-0.39, 0.29) is 30.7 Å². The number of carbonyl (C=O) groups is 2. The largest absolute Gasteiger partial charge is 0.449 e. The summed E-state index contributed by atoms with van der Waals surface area (Å²) in [6.45, 7) is 0.476. The van der Waals surface area contributed by atoms with Gasteiger partial charge < -0.3 is 10.1 Å². The summed E-state index contributed by atoms with van der Waals surface area (Å²) in [4.78, 5) is 36.1. The molecule has 6 aromatic rings. The molecule has 4 aromatic carbocycles. The summed E-state index contributed by atoms with van der Waals surface area (Å²) in [5.41, 5.74) is 7.18. The number of thiazole rings is 2. The standard InChI is InChI=1S/C40H31F3N4O3S2/c41-40(42,43)27-10-6-7-23(18-27)19-34-35(25-15-16-25)46-38(52-34)47-36(48)33-22-51-37(45-33)26-9-5-8-24(17-26)20-44-39(49)50-21-32-30-13-3-1-11-28(30)29-12-2-4-14-31(29)32/h1-14,17-18,22,25,32H,15-16,19-21H2,(H,44,49)(H,46,47,48). The minimum Gasteiger partial charge on any atom is -0.449 e. The van der Waals surface area contributed by atoms with Gasteiger partial charge in [-0.1, -0.05) is 84.9 Å². The Morgan fingerprint density at radius 1 is 0.846 bits per heavy atom. The number of alkyl halides is 3. The maximum Gasteiger partial charge on any atom is 0.416 e. The van der Waals surface area contributed by atoms with Crippen LogP contribution in [0, 0.1) is 0 Å². The summed E-state index contributed by atoms with van der Waals surface area (Å²) in [6, 6.07) is 29.2. The van der Waals surface area contributed by atoms with Crippen molar-refractivity contribution in [2.24, 2.45) is 0 Å². The maximum absolute atomic E-state index is 13.3. The molecule has 12 heteroatoms. The average Bonchev–Trinajstić information content (AvgIpc) is 3.58. The summed E-state index contributed by atoms with van der Waals surface area (Å²) in [5, 5.41) is 8.39. The Hall–Kier alpha value is -5.33. The van der Waals surface area contributed by atoms with Crippen LogP contribution in [0.3, 0.4) is 0 Å². The van der Waals surface area contributed by atoms with Crippen LogP contribution in [-0.2, 0) is 23.9 Å². The number of benzene rings is 4. The molecule has 0 saturated heterocycles. The Labute approximate surface area is 305 Å². The number of fused-ring (bicyclic) bond motifs is 3. The predicted molar refractivity (Wildman–Crippen MR) is 196 cm³/mol. The van der Waals surface area contributed by atoms with Gasteiger partial charge in [0.25, 0.3) is 5.91 Å². The zero-order valence-electron chi connectivity index (χ0n) is 27.6. The molecule has 0 radical (unpaired) electrons. The number of hydrogen-bond acceptors (Lipinski definition) is 7. The highest BCUT2D eigenvalue weighted by atomic mass is 32.1. The van der Waals surface area contributed by atoms with Crippen LogP contribution in [0.4, 0.5) is 23.1 Å². The number of nitrogens with zero attached hydrogens (tertiary/aromatic N) is 2. The number of hydrogen-bond donors (Lipinski definition) is 2. The van der Waals surface area contributed by atoms with Crippen LogP contribution in [0.25, 0.3) is 21.7 Å². The van der Waals surface area contributed by atoms with Crippen LogP contribution in [0.5, 0.6) is 0 Å². The second kappa shape index (κ2) is 14.0. The van der Waals surface area contributed by atoms with Gasteiger partial charge in [0, 0.05) is 40.6 Å². The Kier molecular flexibility index (Phi) is 9.10. The van der Waals surface area contributed by atoms with E-state index in [0.717, 1.165) is 57.8 Å².